The molecule has 0 aromatic heterocycles. The van der Waals surface area contributed by atoms with E-state index in [9.17, 15) is 23.3 Å². The monoisotopic (exact) mass is 486 g/mol. The number of nitro groups is 1. The Labute approximate surface area is 195 Å². The van der Waals surface area contributed by atoms with Gasteiger partial charge in [0.1, 0.15) is 5.75 Å². The van der Waals surface area contributed by atoms with Crippen molar-refractivity contribution >= 4 is 45.0 Å². The van der Waals surface area contributed by atoms with Crippen LogP contribution in [0.4, 0.5) is 11.4 Å². The predicted molar refractivity (Wildman–Crippen MR) is 126 cm³/mol. The molecule has 0 heterocycles. The van der Waals surface area contributed by atoms with Gasteiger partial charge in [0, 0.05) is 23.2 Å². The molecule has 10 heteroatoms. The number of carbonyl (C=O) groups is 1. The van der Waals surface area contributed by atoms with Crippen LogP contribution in [-0.2, 0) is 14.8 Å². The Balaban J connectivity index is 2.02. The van der Waals surface area contributed by atoms with Crippen molar-refractivity contribution in [3.8, 4) is 5.75 Å². The normalized spacial score (nSPS) is 11.3. The predicted octanol–water partition coefficient (Wildman–Crippen LogP) is 5.08. The van der Waals surface area contributed by atoms with E-state index in [0.717, 1.165) is 6.08 Å². The first-order chi connectivity index (χ1) is 15.7. The molecule has 0 aliphatic carbocycles. The molecule has 0 saturated carbocycles. The minimum absolute atomic E-state index is 0.0992. The fourth-order valence-electron chi connectivity index (χ4n) is 2.92. The summed E-state index contributed by atoms with van der Waals surface area (Å²) in [6.45, 7) is 2.24. The summed E-state index contributed by atoms with van der Waals surface area (Å²) in [4.78, 5) is 23.4. The van der Waals surface area contributed by atoms with Gasteiger partial charge in [0.25, 0.3) is 21.6 Å². The van der Waals surface area contributed by atoms with Crippen molar-refractivity contribution in [2.45, 2.75) is 11.8 Å². The highest BCUT2D eigenvalue weighted by Crippen LogP contribution is 2.27. The SMILES string of the molecule is CCOc1ccc(N(C(=O)/C=C/c2cccc([N+](=O)[O-])c2)S(=O)(=O)c2ccc(Cl)cc2)cc1. The molecule has 0 aliphatic rings. The van der Waals surface area contributed by atoms with Gasteiger partial charge in [-0.3, -0.25) is 14.9 Å². The highest BCUT2D eigenvalue weighted by atomic mass is 35.5. The van der Waals surface area contributed by atoms with Gasteiger partial charge < -0.3 is 4.74 Å². The van der Waals surface area contributed by atoms with Crippen LogP contribution in [0.15, 0.2) is 83.8 Å². The van der Waals surface area contributed by atoms with Crippen molar-refractivity contribution in [2.75, 3.05) is 10.9 Å². The molecule has 0 radical (unpaired) electrons. The zero-order chi connectivity index (χ0) is 24.0. The molecule has 3 aromatic carbocycles. The molecule has 0 atom stereocenters. The van der Waals surface area contributed by atoms with Gasteiger partial charge in [0.15, 0.2) is 0 Å². The van der Waals surface area contributed by atoms with E-state index in [-0.39, 0.29) is 16.3 Å². The van der Waals surface area contributed by atoms with Crippen LogP contribution in [-0.4, -0.2) is 25.9 Å². The average molecular weight is 487 g/mol. The third-order valence-electron chi connectivity index (χ3n) is 4.43. The minimum Gasteiger partial charge on any atom is -0.494 e. The van der Waals surface area contributed by atoms with Crippen LogP contribution in [0.5, 0.6) is 5.75 Å². The van der Waals surface area contributed by atoms with Crippen molar-refractivity contribution in [3.05, 3.63) is 99.6 Å². The van der Waals surface area contributed by atoms with Gasteiger partial charge in [-0.25, -0.2) is 8.42 Å². The fraction of sp³-hybridized carbons (Fsp3) is 0.0870. The maximum absolute atomic E-state index is 13.4. The zero-order valence-corrected chi connectivity index (χ0v) is 19.0. The van der Waals surface area contributed by atoms with Gasteiger partial charge in [-0.05, 0) is 67.1 Å². The summed E-state index contributed by atoms with van der Waals surface area (Å²) >= 11 is 5.87. The molecule has 33 heavy (non-hydrogen) atoms. The molecule has 3 rings (SSSR count). The van der Waals surface area contributed by atoms with Crippen LogP contribution < -0.4 is 9.04 Å². The summed E-state index contributed by atoms with van der Waals surface area (Å²) < 4.78 is 32.8. The lowest BCUT2D eigenvalue weighted by molar-refractivity contribution is -0.384. The zero-order valence-electron chi connectivity index (χ0n) is 17.4. The van der Waals surface area contributed by atoms with E-state index in [4.69, 9.17) is 16.3 Å². The summed E-state index contributed by atoms with van der Waals surface area (Å²) in [6, 6.07) is 17.1. The Kier molecular flexibility index (Phi) is 7.47. The Bertz CT molecular complexity index is 1290. The van der Waals surface area contributed by atoms with Crippen LogP contribution in [0.2, 0.25) is 5.02 Å². The number of benzene rings is 3. The molecule has 1 amide bonds. The number of anilines is 1. The Hall–Kier alpha value is -3.69. The van der Waals surface area contributed by atoms with E-state index in [1.165, 1.54) is 60.7 Å². The standard InChI is InChI=1S/C23H19ClN2O6S/c1-2-32-21-11-9-19(10-12-21)25(33(30,31)22-13-7-18(24)8-14-22)23(27)15-6-17-4-3-5-20(16-17)26(28)29/h3-16H,2H2,1H3/b15-6+. The second-order valence-electron chi connectivity index (χ2n) is 6.67. The van der Waals surface area contributed by atoms with E-state index in [0.29, 0.717) is 27.2 Å². The highest BCUT2D eigenvalue weighted by molar-refractivity contribution is 7.93. The first kappa shape index (κ1) is 24.0. The number of non-ortho nitro benzene ring substituents is 1. The quantitative estimate of drug-likeness (QED) is 0.249. The average Bonchev–Trinajstić information content (AvgIpc) is 2.79. The van der Waals surface area contributed by atoms with Crippen LogP contribution in [0.1, 0.15) is 12.5 Å². The van der Waals surface area contributed by atoms with Gasteiger partial charge in [0.05, 0.1) is 22.1 Å². The van der Waals surface area contributed by atoms with E-state index < -0.39 is 20.9 Å². The second-order valence-corrected chi connectivity index (χ2v) is 8.90. The number of hydrogen-bond acceptors (Lipinski definition) is 6. The maximum atomic E-state index is 13.4. The number of carbonyl (C=O) groups excluding carboxylic acids is 1. The number of hydrogen-bond donors (Lipinski definition) is 0. The van der Waals surface area contributed by atoms with Gasteiger partial charge >= 0.3 is 0 Å². The molecule has 0 bridgehead atoms. The number of sulfonamides is 1. The van der Waals surface area contributed by atoms with Crippen LogP contribution in [0, 0.1) is 10.1 Å². The highest BCUT2D eigenvalue weighted by Gasteiger charge is 2.30. The van der Waals surface area contributed by atoms with Crippen LogP contribution in [0.3, 0.4) is 0 Å². The molecule has 8 nitrogen and oxygen atoms in total. The topological polar surface area (TPSA) is 107 Å². The first-order valence-corrected chi connectivity index (χ1v) is 11.5. The molecule has 0 spiro atoms. The van der Waals surface area contributed by atoms with Crippen molar-refractivity contribution < 1.29 is 22.9 Å². The molecule has 0 saturated heterocycles. The molecular weight excluding hydrogens is 468 g/mol. The number of nitro benzene ring substituents is 1. The van der Waals surface area contributed by atoms with Gasteiger partial charge in [-0.1, -0.05) is 23.7 Å². The van der Waals surface area contributed by atoms with Crippen molar-refractivity contribution in [3.63, 3.8) is 0 Å². The van der Waals surface area contributed by atoms with Crippen molar-refractivity contribution in [2.24, 2.45) is 0 Å². The number of nitrogens with zero attached hydrogens (tertiary/aromatic N) is 2. The maximum Gasteiger partial charge on any atom is 0.271 e. The van der Waals surface area contributed by atoms with E-state index in [1.54, 1.807) is 18.2 Å². The van der Waals surface area contributed by atoms with Crippen LogP contribution in [0.25, 0.3) is 6.08 Å². The summed E-state index contributed by atoms with van der Waals surface area (Å²) in [5, 5.41) is 11.3. The summed E-state index contributed by atoms with van der Waals surface area (Å²) in [6.07, 6.45) is 2.36. The smallest absolute Gasteiger partial charge is 0.271 e. The number of rotatable bonds is 8. The van der Waals surface area contributed by atoms with Gasteiger partial charge in [-0.2, -0.15) is 4.31 Å². The van der Waals surface area contributed by atoms with E-state index >= 15 is 0 Å². The Morgan fingerprint density at radius 3 is 2.36 bits per heavy atom. The molecule has 0 fully saturated rings. The van der Waals surface area contributed by atoms with Crippen LogP contribution >= 0.6 is 11.6 Å². The largest absolute Gasteiger partial charge is 0.494 e. The molecule has 3 aromatic rings. The van der Waals surface area contributed by atoms with Gasteiger partial charge in [0.2, 0.25) is 0 Å². The Morgan fingerprint density at radius 2 is 1.76 bits per heavy atom. The lowest BCUT2D eigenvalue weighted by atomic mass is 10.2. The lowest BCUT2D eigenvalue weighted by Crippen LogP contribution is -2.35. The molecule has 0 aliphatic heterocycles. The first-order valence-electron chi connectivity index (χ1n) is 9.72. The van der Waals surface area contributed by atoms with Crippen molar-refractivity contribution in [1.29, 1.82) is 0 Å². The molecule has 170 valence electrons. The summed E-state index contributed by atoms with van der Waals surface area (Å²) in [5.41, 5.74) is 0.317. The molecule has 0 unspecified atom stereocenters. The number of ether oxygens (including phenoxy) is 1. The Morgan fingerprint density at radius 1 is 1.09 bits per heavy atom. The lowest BCUT2D eigenvalue weighted by Gasteiger charge is -2.21. The summed E-state index contributed by atoms with van der Waals surface area (Å²) in [7, 11) is -4.30. The minimum atomic E-state index is -4.30. The van der Waals surface area contributed by atoms with E-state index in [2.05, 4.69) is 0 Å². The molecule has 0 N–H and O–H groups in total. The third kappa shape index (κ3) is 5.76. The second kappa shape index (κ2) is 10.3. The van der Waals surface area contributed by atoms with E-state index in [1.807, 2.05) is 6.92 Å². The van der Waals surface area contributed by atoms with Crippen molar-refractivity contribution in [1.82, 2.24) is 0 Å². The third-order valence-corrected chi connectivity index (χ3v) is 6.42. The molecular formula is C23H19ClN2O6S. The number of amides is 1. The number of halogens is 1. The van der Waals surface area contributed by atoms with Gasteiger partial charge in [-0.15, -0.1) is 0 Å². The summed E-state index contributed by atoms with van der Waals surface area (Å²) in [5.74, 6) is -0.342. The fourth-order valence-corrected chi connectivity index (χ4v) is 4.43.